The van der Waals surface area contributed by atoms with Gasteiger partial charge in [-0.05, 0) is 35.1 Å². The van der Waals surface area contributed by atoms with E-state index < -0.39 is 12.1 Å². The van der Waals surface area contributed by atoms with E-state index in [0.717, 1.165) is 17.5 Å². The number of fused-ring (bicyclic) bond motifs is 3. The number of rotatable bonds is 7. The van der Waals surface area contributed by atoms with E-state index in [1.165, 1.54) is 27.8 Å². The Labute approximate surface area is 206 Å². The second-order valence-electron chi connectivity index (χ2n) is 8.76. The van der Waals surface area contributed by atoms with Crippen LogP contribution in [0.1, 0.15) is 51.8 Å². The van der Waals surface area contributed by atoms with E-state index in [0.29, 0.717) is 17.8 Å². The van der Waals surface area contributed by atoms with Crippen LogP contribution < -0.4 is 10.6 Å². The number of carbonyl (C=O) groups excluding carboxylic acids is 2. The Kier molecular flexibility index (Phi) is 6.50. The molecule has 3 N–H and O–H groups in total. The molecule has 9 heteroatoms. The van der Waals surface area contributed by atoms with Gasteiger partial charge in [0.25, 0.3) is 0 Å². The number of aromatic nitrogens is 1. The van der Waals surface area contributed by atoms with Gasteiger partial charge in [-0.3, -0.25) is 4.79 Å². The van der Waals surface area contributed by atoms with Crippen molar-refractivity contribution in [3.05, 3.63) is 75.7 Å². The Balaban J connectivity index is 1.16. The zero-order valence-electron chi connectivity index (χ0n) is 18.9. The van der Waals surface area contributed by atoms with Crippen molar-refractivity contribution in [3.63, 3.8) is 0 Å². The molecule has 2 aliphatic carbocycles. The summed E-state index contributed by atoms with van der Waals surface area (Å²) in [7, 11) is 0. The van der Waals surface area contributed by atoms with Crippen molar-refractivity contribution < 1.29 is 24.2 Å². The number of ether oxygens (including phenoxy) is 1. The SMILES string of the molecule is O=C(NC1CCCC1C(=O)NCc1nc(C(=O)O)cs1)OCC1c2ccccc2-c2ccccc21. The standard InChI is InChI=1S/C26H25N3O5S/c30-24(27-12-23-28-22(14-35-23)25(31)32)19-10-5-11-21(19)29-26(33)34-13-20-17-8-3-1-6-15(17)16-7-2-4-9-18(16)20/h1-4,6-9,14,19-21H,5,10-13H2,(H,27,30)(H,29,33)(H,31,32). The summed E-state index contributed by atoms with van der Waals surface area (Å²) in [5.41, 5.74) is 4.59. The second-order valence-corrected chi connectivity index (χ2v) is 9.71. The van der Waals surface area contributed by atoms with Crippen LogP contribution in [0.25, 0.3) is 11.1 Å². The maximum absolute atomic E-state index is 12.8. The third-order valence-electron chi connectivity index (χ3n) is 6.68. The molecular weight excluding hydrogens is 466 g/mol. The summed E-state index contributed by atoms with van der Waals surface area (Å²) >= 11 is 1.19. The molecule has 0 aliphatic heterocycles. The highest BCUT2D eigenvalue weighted by Crippen LogP contribution is 2.44. The fraction of sp³-hybridized carbons (Fsp3) is 0.308. The number of thiazole rings is 1. The number of benzene rings is 2. The lowest BCUT2D eigenvalue weighted by Gasteiger charge is -2.21. The van der Waals surface area contributed by atoms with Gasteiger partial charge in [-0.25, -0.2) is 14.6 Å². The predicted molar refractivity (Wildman–Crippen MR) is 130 cm³/mol. The first-order chi connectivity index (χ1) is 17.0. The van der Waals surface area contributed by atoms with Crippen molar-refractivity contribution in [1.82, 2.24) is 15.6 Å². The minimum atomic E-state index is -1.10. The number of nitrogens with zero attached hydrogens (tertiary/aromatic N) is 1. The summed E-state index contributed by atoms with van der Waals surface area (Å²) in [5, 5.41) is 16.7. The minimum Gasteiger partial charge on any atom is -0.476 e. The zero-order valence-corrected chi connectivity index (χ0v) is 19.7. The third kappa shape index (κ3) is 4.77. The first-order valence-corrected chi connectivity index (χ1v) is 12.5. The molecule has 0 radical (unpaired) electrons. The van der Waals surface area contributed by atoms with Gasteiger partial charge in [0.05, 0.1) is 12.5 Å². The van der Waals surface area contributed by atoms with Crippen LogP contribution in [0, 0.1) is 5.92 Å². The topological polar surface area (TPSA) is 118 Å². The fourth-order valence-electron chi connectivity index (χ4n) is 5.02. The lowest BCUT2D eigenvalue weighted by Crippen LogP contribution is -2.44. The van der Waals surface area contributed by atoms with E-state index in [9.17, 15) is 14.4 Å². The molecule has 2 amide bonds. The molecule has 35 heavy (non-hydrogen) atoms. The molecule has 2 unspecified atom stereocenters. The first kappa shape index (κ1) is 23.0. The number of nitrogens with one attached hydrogen (secondary N) is 2. The molecule has 1 aromatic heterocycles. The molecule has 180 valence electrons. The monoisotopic (exact) mass is 491 g/mol. The molecule has 0 saturated heterocycles. The predicted octanol–water partition coefficient (Wildman–Crippen LogP) is 4.16. The molecule has 2 aliphatic rings. The van der Waals surface area contributed by atoms with E-state index >= 15 is 0 Å². The van der Waals surface area contributed by atoms with E-state index in [2.05, 4.69) is 39.9 Å². The maximum atomic E-state index is 12.8. The van der Waals surface area contributed by atoms with E-state index in [1.807, 2.05) is 24.3 Å². The maximum Gasteiger partial charge on any atom is 0.407 e. The Bertz CT molecular complexity index is 1230. The van der Waals surface area contributed by atoms with Crippen molar-refractivity contribution in [2.24, 2.45) is 5.92 Å². The minimum absolute atomic E-state index is 0.0233. The van der Waals surface area contributed by atoms with Crippen molar-refractivity contribution in [1.29, 1.82) is 0 Å². The van der Waals surface area contributed by atoms with Crippen LogP contribution in [0.3, 0.4) is 0 Å². The quantitative estimate of drug-likeness (QED) is 0.457. The van der Waals surface area contributed by atoms with Crippen molar-refractivity contribution in [3.8, 4) is 11.1 Å². The van der Waals surface area contributed by atoms with Crippen molar-refractivity contribution in [2.75, 3.05) is 6.61 Å². The normalized spacial score (nSPS) is 18.5. The van der Waals surface area contributed by atoms with Gasteiger partial charge in [0, 0.05) is 17.3 Å². The summed E-state index contributed by atoms with van der Waals surface area (Å²) in [6, 6.07) is 16.0. The highest BCUT2D eigenvalue weighted by molar-refractivity contribution is 7.09. The van der Waals surface area contributed by atoms with Gasteiger partial charge in [0.15, 0.2) is 5.69 Å². The van der Waals surface area contributed by atoms with Crippen LogP contribution in [0.2, 0.25) is 0 Å². The van der Waals surface area contributed by atoms with Crippen LogP contribution in [-0.4, -0.2) is 40.7 Å². The van der Waals surface area contributed by atoms with Crippen molar-refractivity contribution in [2.45, 2.75) is 37.8 Å². The van der Waals surface area contributed by atoms with Gasteiger partial charge in [-0.15, -0.1) is 11.3 Å². The Hall–Kier alpha value is -3.72. The first-order valence-electron chi connectivity index (χ1n) is 11.6. The summed E-state index contributed by atoms with van der Waals surface area (Å²) in [6.45, 7) is 0.379. The Morgan fingerprint density at radius 1 is 1.03 bits per heavy atom. The van der Waals surface area contributed by atoms with Gasteiger partial charge >= 0.3 is 12.1 Å². The third-order valence-corrected chi connectivity index (χ3v) is 7.53. The summed E-state index contributed by atoms with van der Waals surface area (Å²) in [4.78, 5) is 40.4. The molecule has 2 aromatic carbocycles. The van der Waals surface area contributed by atoms with Gasteiger partial charge in [-0.2, -0.15) is 0 Å². The zero-order chi connectivity index (χ0) is 24.4. The summed E-state index contributed by atoms with van der Waals surface area (Å²) < 4.78 is 5.64. The molecule has 1 saturated carbocycles. The number of hydrogen-bond acceptors (Lipinski definition) is 6. The lowest BCUT2D eigenvalue weighted by atomic mass is 9.98. The fourth-order valence-corrected chi connectivity index (χ4v) is 5.73. The smallest absolute Gasteiger partial charge is 0.407 e. The lowest BCUT2D eigenvalue weighted by molar-refractivity contribution is -0.125. The van der Waals surface area contributed by atoms with Gasteiger partial charge in [-0.1, -0.05) is 55.0 Å². The molecule has 1 heterocycles. The molecule has 3 aromatic rings. The van der Waals surface area contributed by atoms with E-state index in [1.54, 1.807) is 0 Å². The molecule has 2 atom stereocenters. The van der Waals surface area contributed by atoms with Crippen molar-refractivity contribution >= 4 is 29.3 Å². The van der Waals surface area contributed by atoms with Gasteiger partial charge < -0.3 is 20.5 Å². The van der Waals surface area contributed by atoms with E-state index in [-0.39, 0.29) is 42.6 Å². The molecule has 1 fully saturated rings. The van der Waals surface area contributed by atoms with Crippen LogP contribution in [0.5, 0.6) is 0 Å². The Morgan fingerprint density at radius 2 is 1.71 bits per heavy atom. The summed E-state index contributed by atoms with van der Waals surface area (Å²) in [5.74, 6) is -1.67. The number of hydrogen-bond donors (Lipinski definition) is 3. The number of amides is 2. The van der Waals surface area contributed by atoms with Gasteiger partial charge in [0.2, 0.25) is 5.91 Å². The Morgan fingerprint density at radius 3 is 2.37 bits per heavy atom. The highest BCUT2D eigenvalue weighted by Gasteiger charge is 2.35. The van der Waals surface area contributed by atoms with Crippen LogP contribution in [-0.2, 0) is 16.1 Å². The molecule has 0 spiro atoms. The molecule has 8 nitrogen and oxygen atoms in total. The number of alkyl carbamates (subject to hydrolysis) is 1. The molecule has 0 bridgehead atoms. The largest absolute Gasteiger partial charge is 0.476 e. The van der Waals surface area contributed by atoms with Crippen LogP contribution in [0.4, 0.5) is 4.79 Å². The van der Waals surface area contributed by atoms with E-state index in [4.69, 9.17) is 9.84 Å². The molecular formula is C26H25N3O5S. The molecule has 5 rings (SSSR count). The summed E-state index contributed by atoms with van der Waals surface area (Å²) in [6.07, 6.45) is 1.66. The second kappa shape index (κ2) is 9.87. The average molecular weight is 492 g/mol. The van der Waals surface area contributed by atoms with Gasteiger partial charge in [0.1, 0.15) is 11.6 Å². The average Bonchev–Trinajstić information content (AvgIpc) is 3.59. The van der Waals surface area contributed by atoms with Crippen LogP contribution >= 0.6 is 11.3 Å². The number of aromatic carboxylic acids is 1. The number of carboxylic acids is 1. The van der Waals surface area contributed by atoms with Crippen LogP contribution in [0.15, 0.2) is 53.9 Å². The highest BCUT2D eigenvalue weighted by atomic mass is 32.1. The number of carbonyl (C=O) groups is 3. The number of carboxylic acid groups (broad SMARTS) is 1.